The van der Waals surface area contributed by atoms with Gasteiger partial charge in [0.05, 0.1) is 5.02 Å². The number of benzene rings is 2. The van der Waals surface area contributed by atoms with Crippen LogP contribution in [0.5, 0.6) is 0 Å². The molecule has 0 aliphatic carbocycles. The summed E-state index contributed by atoms with van der Waals surface area (Å²) in [5.41, 5.74) is 0.721. The lowest BCUT2D eigenvalue weighted by atomic mass is 10.2. The maximum atomic E-state index is 13.3. The second kappa shape index (κ2) is 6.08. The van der Waals surface area contributed by atoms with Gasteiger partial charge in [0.25, 0.3) is 0 Å². The van der Waals surface area contributed by atoms with E-state index in [4.69, 9.17) is 11.6 Å². The molecule has 2 aromatic rings. The van der Waals surface area contributed by atoms with Gasteiger partial charge in [-0.15, -0.1) is 0 Å². The summed E-state index contributed by atoms with van der Waals surface area (Å²) in [7, 11) is 0. The van der Waals surface area contributed by atoms with Gasteiger partial charge in [0.2, 0.25) is 0 Å². The number of halogens is 4. The highest BCUT2D eigenvalue weighted by Crippen LogP contribution is 2.16. The van der Waals surface area contributed by atoms with Crippen molar-refractivity contribution in [3.63, 3.8) is 0 Å². The van der Waals surface area contributed by atoms with Gasteiger partial charge in [0.15, 0.2) is 0 Å². The molecule has 0 unspecified atom stereocenters. The van der Waals surface area contributed by atoms with E-state index in [1.54, 1.807) is 6.07 Å². The average molecular weight is 286 g/mol. The third-order valence-corrected chi connectivity index (χ3v) is 2.97. The second-order valence-corrected chi connectivity index (χ2v) is 4.46. The molecule has 0 aliphatic rings. The Balaban J connectivity index is 1.98. The van der Waals surface area contributed by atoms with Crippen LogP contribution in [0.25, 0.3) is 0 Å². The van der Waals surface area contributed by atoms with Crippen LogP contribution in [-0.4, -0.2) is 0 Å². The van der Waals surface area contributed by atoms with E-state index in [0.29, 0.717) is 6.54 Å². The van der Waals surface area contributed by atoms with Gasteiger partial charge in [-0.05, 0) is 29.8 Å². The van der Waals surface area contributed by atoms with Crippen molar-refractivity contribution in [3.8, 4) is 0 Å². The molecule has 2 rings (SSSR count). The number of rotatable bonds is 4. The lowest BCUT2D eigenvalue weighted by Gasteiger charge is -2.07. The third-order valence-electron chi connectivity index (χ3n) is 2.68. The Labute approximate surface area is 114 Å². The highest BCUT2D eigenvalue weighted by atomic mass is 35.5. The van der Waals surface area contributed by atoms with Crippen molar-refractivity contribution in [2.45, 2.75) is 13.1 Å². The van der Waals surface area contributed by atoms with E-state index in [1.807, 2.05) is 0 Å². The normalized spacial score (nSPS) is 10.7. The number of hydrogen-bond donors (Lipinski definition) is 1. The summed E-state index contributed by atoms with van der Waals surface area (Å²) in [4.78, 5) is 0. The molecule has 19 heavy (non-hydrogen) atoms. The molecule has 0 saturated carbocycles. The molecular weight excluding hydrogens is 275 g/mol. The van der Waals surface area contributed by atoms with Gasteiger partial charge in [0.1, 0.15) is 17.5 Å². The predicted octanol–water partition coefficient (Wildman–Crippen LogP) is 4.05. The lowest BCUT2D eigenvalue weighted by molar-refractivity contribution is 0.535. The Morgan fingerprint density at radius 3 is 2.21 bits per heavy atom. The van der Waals surface area contributed by atoms with Gasteiger partial charge >= 0.3 is 0 Å². The fourth-order valence-corrected chi connectivity index (χ4v) is 1.89. The van der Waals surface area contributed by atoms with Crippen LogP contribution < -0.4 is 5.32 Å². The van der Waals surface area contributed by atoms with Gasteiger partial charge in [0, 0.05) is 18.7 Å². The zero-order valence-corrected chi connectivity index (χ0v) is 10.6. The number of hydrogen-bond acceptors (Lipinski definition) is 1. The van der Waals surface area contributed by atoms with E-state index < -0.39 is 17.5 Å². The van der Waals surface area contributed by atoms with E-state index in [2.05, 4.69) is 5.32 Å². The molecule has 0 aliphatic heterocycles. The second-order valence-electron chi connectivity index (χ2n) is 4.05. The smallest absolute Gasteiger partial charge is 0.141 e. The molecule has 0 atom stereocenters. The summed E-state index contributed by atoms with van der Waals surface area (Å²) in [6, 6.07) is 8.01. The van der Waals surface area contributed by atoms with E-state index in [0.717, 1.165) is 5.56 Å². The van der Waals surface area contributed by atoms with Crippen LogP contribution in [0.15, 0.2) is 36.4 Å². The molecule has 0 bridgehead atoms. The van der Waals surface area contributed by atoms with Gasteiger partial charge < -0.3 is 5.32 Å². The molecule has 0 saturated heterocycles. The largest absolute Gasteiger partial charge is 0.308 e. The molecule has 1 nitrogen and oxygen atoms in total. The fraction of sp³-hybridized carbons (Fsp3) is 0.143. The van der Waals surface area contributed by atoms with Crippen LogP contribution in [0, 0.1) is 17.5 Å². The van der Waals surface area contributed by atoms with E-state index in [9.17, 15) is 13.2 Å². The zero-order chi connectivity index (χ0) is 13.8. The van der Waals surface area contributed by atoms with Crippen molar-refractivity contribution in [3.05, 3.63) is 70.0 Å². The maximum Gasteiger partial charge on any atom is 0.141 e. The van der Waals surface area contributed by atoms with Crippen LogP contribution in [-0.2, 0) is 13.1 Å². The average Bonchev–Trinajstić information content (AvgIpc) is 2.37. The Kier molecular flexibility index (Phi) is 4.45. The molecular formula is C14H11ClF3N. The van der Waals surface area contributed by atoms with Crippen molar-refractivity contribution < 1.29 is 13.2 Å². The third kappa shape index (κ3) is 3.49. The summed E-state index contributed by atoms with van der Waals surface area (Å²) in [5.74, 6) is -1.68. The first-order valence-corrected chi connectivity index (χ1v) is 6.03. The highest BCUT2D eigenvalue weighted by Gasteiger charge is 2.07. The Hall–Kier alpha value is -1.52. The van der Waals surface area contributed by atoms with Crippen LogP contribution in [0.3, 0.4) is 0 Å². The van der Waals surface area contributed by atoms with Crippen molar-refractivity contribution in [1.82, 2.24) is 5.32 Å². The summed E-state index contributed by atoms with van der Waals surface area (Å²) in [6.07, 6.45) is 0. The number of nitrogens with one attached hydrogen (secondary N) is 1. The van der Waals surface area contributed by atoms with Gasteiger partial charge in [-0.3, -0.25) is 0 Å². The minimum atomic E-state index is -0.593. The zero-order valence-electron chi connectivity index (χ0n) is 9.89. The van der Waals surface area contributed by atoms with Gasteiger partial charge in [-0.2, -0.15) is 0 Å². The minimum Gasteiger partial charge on any atom is -0.308 e. The van der Waals surface area contributed by atoms with Crippen molar-refractivity contribution in [1.29, 1.82) is 0 Å². The molecule has 0 radical (unpaired) electrons. The standard InChI is InChI=1S/C14H11ClF3N/c15-11-6-9(4-5-14(11)18)7-19-8-10-12(16)2-1-3-13(10)17/h1-6,19H,7-8H2. The SMILES string of the molecule is Fc1ccc(CNCc2c(F)cccc2F)cc1Cl. The minimum absolute atomic E-state index is 0.0179. The monoisotopic (exact) mass is 285 g/mol. The highest BCUT2D eigenvalue weighted by molar-refractivity contribution is 6.30. The molecule has 1 N–H and O–H groups in total. The molecule has 2 aromatic carbocycles. The Morgan fingerprint density at radius 1 is 0.895 bits per heavy atom. The molecule has 0 fully saturated rings. The Bertz CT molecular complexity index is 567. The summed E-state index contributed by atoms with van der Waals surface area (Å²) in [5, 5.41) is 2.91. The first-order chi connectivity index (χ1) is 9.08. The first kappa shape index (κ1) is 13.9. The van der Waals surface area contributed by atoms with E-state index in [-0.39, 0.29) is 17.1 Å². The molecule has 0 spiro atoms. The first-order valence-electron chi connectivity index (χ1n) is 5.65. The van der Waals surface area contributed by atoms with Crippen molar-refractivity contribution >= 4 is 11.6 Å². The van der Waals surface area contributed by atoms with Gasteiger partial charge in [-0.25, -0.2) is 13.2 Å². The van der Waals surface area contributed by atoms with E-state index in [1.165, 1.54) is 30.3 Å². The van der Waals surface area contributed by atoms with Crippen molar-refractivity contribution in [2.75, 3.05) is 0 Å². The van der Waals surface area contributed by atoms with Crippen LogP contribution in [0.1, 0.15) is 11.1 Å². The molecule has 0 aromatic heterocycles. The summed E-state index contributed by atoms with van der Waals surface area (Å²) >= 11 is 5.64. The lowest BCUT2D eigenvalue weighted by Crippen LogP contribution is -2.15. The van der Waals surface area contributed by atoms with Crippen LogP contribution >= 0.6 is 11.6 Å². The fourth-order valence-electron chi connectivity index (χ4n) is 1.68. The van der Waals surface area contributed by atoms with E-state index >= 15 is 0 Å². The summed E-state index contributed by atoms with van der Waals surface area (Å²) in [6.45, 7) is 0.390. The maximum absolute atomic E-state index is 13.3. The van der Waals surface area contributed by atoms with Crippen LogP contribution in [0.4, 0.5) is 13.2 Å². The molecule has 0 heterocycles. The molecule has 100 valence electrons. The Morgan fingerprint density at radius 2 is 1.58 bits per heavy atom. The van der Waals surface area contributed by atoms with Crippen LogP contribution in [0.2, 0.25) is 5.02 Å². The quantitative estimate of drug-likeness (QED) is 0.894. The summed E-state index contributed by atoms with van der Waals surface area (Å²) < 4.78 is 39.6. The molecule has 0 amide bonds. The predicted molar refractivity (Wildman–Crippen MR) is 68.3 cm³/mol. The molecule has 5 heteroatoms. The topological polar surface area (TPSA) is 12.0 Å². The van der Waals surface area contributed by atoms with Gasteiger partial charge in [-0.1, -0.05) is 23.7 Å². The van der Waals surface area contributed by atoms with Crippen molar-refractivity contribution in [2.24, 2.45) is 0 Å².